The van der Waals surface area contributed by atoms with Gasteiger partial charge in [0.05, 0.1) is 0 Å². The van der Waals surface area contributed by atoms with Gasteiger partial charge in [0.2, 0.25) is 0 Å². The molecule has 0 aliphatic heterocycles. The normalized spacial score (nSPS) is 12.5. The zero-order valence-corrected chi connectivity index (χ0v) is 13.2. The Kier molecular flexibility index (Phi) is 5.95. The minimum absolute atomic E-state index is 0.454. The maximum absolute atomic E-state index is 3.66. The van der Waals surface area contributed by atoms with Crippen LogP contribution in [0.4, 0.5) is 0 Å². The number of rotatable bonds is 7. The van der Waals surface area contributed by atoms with Crippen molar-refractivity contribution in [3.05, 3.63) is 52.2 Å². The summed E-state index contributed by atoms with van der Waals surface area (Å²) in [6.07, 6.45) is 1.18. The number of nitrogens with one attached hydrogen (secondary N) is 1. The van der Waals surface area contributed by atoms with Gasteiger partial charge in [-0.3, -0.25) is 0 Å². The molecule has 2 rings (SSSR count). The van der Waals surface area contributed by atoms with Crippen molar-refractivity contribution in [2.24, 2.45) is 0 Å². The first kappa shape index (κ1) is 14.6. The van der Waals surface area contributed by atoms with Crippen LogP contribution in [0.25, 0.3) is 0 Å². The van der Waals surface area contributed by atoms with Crippen LogP contribution in [0.1, 0.15) is 29.8 Å². The highest BCUT2D eigenvalue weighted by atomic mass is 32.2. The van der Waals surface area contributed by atoms with E-state index in [9.17, 15) is 0 Å². The fourth-order valence-electron chi connectivity index (χ4n) is 1.93. The van der Waals surface area contributed by atoms with E-state index in [1.54, 1.807) is 0 Å². The van der Waals surface area contributed by atoms with Crippen LogP contribution >= 0.6 is 23.1 Å². The maximum Gasteiger partial charge on any atom is 0.0423 e. The summed E-state index contributed by atoms with van der Waals surface area (Å²) in [6.45, 7) is 5.47. The van der Waals surface area contributed by atoms with Gasteiger partial charge in [-0.1, -0.05) is 25.1 Å². The lowest BCUT2D eigenvalue weighted by molar-refractivity contribution is 0.579. The van der Waals surface area contributed by atoms with Gasteiger partial charge < -0.3 is 5.32 Å². The molecule has 0 fully saturated rings. The summed E-state index contributed by atoms with van der Waals surface area (Å²) >= 11 is 3.76. The third-order valence-corrected chi connectivity index (χ3v) is 4.94. The molecule has 1 aromatic carbocycles. The van der Waals surface area contributed by atoms with Crippen LogP contribution in [0.3, 0.4) is 0 Å². The number of thiophene rings is 1. The molecule has 1 unspecified atom stereocenters. The molecule has 3 heteroatoms. The van der Waals surface area contributed by atoms with E-state index < -0.39 is 0 Å². The molecule has 102 valence electrons. The molecule has 1 heterocycles. The molecule has 0 aliphatic carbocycles. The third-order valence-electron chi connectivity index (χ3n) is 2.95. The molecule has 0 amide bonds. The summed E-state index contributed by atoms with van der Waals surface area (Å²) in [5.41, 5.74) is 1.43. The first-order valence-electron chi connectivity index (χ1n) is 6.76. The molecule has 0 spiro atoms. The smallest absolute Gasteiger partial charge is 0.0423 e. The molecule has 0 aliphatic rings. The van der Waals surface area contributed by atoms with Crippen molar-refractivity contribution in [1.29, 1.82) is 0 Å². The molecular weight excluding hydrogens is 270 g/mol. The number of aryl methyl sites for hydroxylation is 1. The molecular formula is C16H21NS2. The minimum Gasteiger partial charge on any atom is -0.309 e. The van der Waals surface area contributed by atoms with Gasteiger partial charge in [-0.15, -0.1) is 23.1 Å². The highest BCUT2D eigenvalue weighted by Gasteiger charge is 2.12. The SMILES string of the molecule is CCCNC(CSc1ccccc1)c1csc(C)c1. The van der Waals surface area contributed by atoms with E-state index in [-0.39, 0.29) is 0 Å². The van der Waals surface area contributed by atoms with Crippen molar-refractivity contribution < 1.29 is 0 Å². The molecule has 19 heavy (non-hydrogen) atoms. The number of benzene rings is 1. The van der Waals surface area contributed by atoms with E-state index in [2.05, 4.69) is 60.9 Å². The summed E-state index contributed by atoms with van der Waals surface area (Å²) in [7, 11) is 0. The van der Waals surface area contributed by atoms with Crippen molar-refractivity contribution in [3.8, 4) is 0 Å². The number of thioether (sulfide) groups is 1. The van der Waals surface area contributed by atoms with E-state index in [4.69, 9.17) is 0 Å². The van der Waals surface area contributed by atoms with E-state index in [1.165, 1.54) is 21.8 Å². The summed E-state index contributed by atoms with van der Waals surface area (Å²) in [6, 6.07) is 13.4. The summed E-state index contributed by atoms with van der Waals surface area (Å²) in [5, 5.41) is 5.94. The molecule has 0 radical (unpaired) electrons. The van der Waals surface area contributed by atoms with E-state index in [0.717, 1.165) is 12.3 Å². The standard InChI is InChI=1S/C16H21NS2/c1-3-9-17-16(14-10-13(2)18-11-14)12-19-15-7-5-4-6-8-15/h4-8,10-11,16-17H,3,9,12H2,1-2H3. The Labute approximate surface area is 124 Å². The second kappa shape index (κ2) is 7.73. The fourth-order valence-corrected chi connectivity index (χ4v) is 3.71. The quantitative estimate of drug-likeness (QED) is 0.729. The fraction of sp³-hybridized carbons (Fsp3) is 0.375. The zero-order valence-electron chi connectivity index (χ0n) is 11.6. The lowest BCUT2D eigenvalue weighted by Crippen LogP contribution is -2.23. The van der Waals surface area contributed by atoms with Crippen molar-refractivity contribution in [3.63, 3.8) is 0 Å². The topological polar surface area (TPSA) is 12.0 Å². The Morgan fingerprint density at radius 3 is 2.68 bits per heavy atom. The average molecular weight is 291 g/mol. The second-order valence-electron chi connectivity index (χ2n) is 4.62. The lowest BCUT2D eigenvalue weighted by atomic mass is 10.1. The molecule has 2 aromatic rings. The van der Waals surface area contributed by atoms with Crippen LogP contribution in [-0.4, -0.2) is 12.3 Å². The van der Waals surface area contributed by atoms with Crippen LogP contribution in [0.15, 0.2) is 46.7 Å². The maximum atomic E-state index is 3.66. The van der Waals surface area contributed by atoms with Crippen LogP contribution in [0.5, 0.6) is 0 Å². The highest BCUT2D eigenvalue weighted by Crippen LogP contribution is 2.27. The van der Waals surface area contributed by atoms with Crippen molar-refractivity contribution in [2.45, 2.75) is 31.2 Å². The Morgan fingerprint density at radius 2 is 2.05 bits per heavy atom. The predicted molar refractivity (Wildman–Crippen MR) is 87.3 cm³/mol. The van der Waals surface area contributed by atoms with Crippen LogP contribution in [0.2, 0.25) is 0 Å². The van der Waals surface area contributed by atoms with Gasteiger partial charge in [0, 0.05) is 21.6 Å². The van der Waals surface area contributed by atoms with Gasteiger partial charge in [0.1, 0.15) is 0 Å². The minimum atomic E-state index is 0.454. The Morgan fingerprint density at radius 1 is 1.26 bits per heavy atom. The monoisotopic (exact) mass is 291 g/mol. The van der Waals surface area contributed by atoms with Gasteiger partial charge in [0.15, 0.2) is 0 Å². The Balaban J connectivity index is 1.98. The largest absolute Gasteiger partial charge is 0.309 e. The third kappa shape index (κ3) is 4.68. The van der Waals surface area contributed by atoms with Crippen LogP contribution in [0, 0.1) is 6.92 Å². The number of hydrogen-bond donors (Lipinski definition) is 1. The second-order valence-corrected chi connectivity index (χ2v) is 6.83. The molecule has 1 aromatic heterocycles. The average Bonchev–Trinajstić information content (AvgIpc) is 2.86. The Bertz CT molecular complexity index is 479. The zero-order chi connectivity index (χ0) is 13.5. The van der Waals surface area contributed by atoms with Gasteiger partial charge >= 0.3 is 0 Å². The molecule has 0 bridgehead atoms. The first-order valence-corrected chi connectivity index (χ1v) is 8.62. The molecule has 0 saturated heterocycles. The van der Waals surface area contributed by atoms with E-state index in [1.807, 2.05) is 23.1 Å². The van der Waals surface area contributed by atoms with Gasteiger partial charge in [-0.05, 0) is 49.0 Å². The van der Waals surface area contributed by atoms with Gasteiger partial charge in [-0.25, -0.2) is 0 Å². The van der Waals surface area contributed by atoms with Gasteiger partial charge in [0.25, 0.3) is 0 Å². The molecule has 0 saturated carbocycles. The van der Waals surface area contributed by atoms with Crippen LogP contribution < -0.4 is 5.32 Å². The van der Waals surface area contributed by atoms with Gasteiger partial charge in [-0.2, -0.15) is 0 Å². The molecule has 1 N–H and O–H groups in total. The predicted octanol–water partition coefficient (Wildman–Crippen LogP) is 4.89. The summed E-state index contributed by atoms with van der Waals surface area (Å²) in [4.78, 5) is 2.74. The van der Waals surface area contributed by atoms with Crippen LogP contribution in [-0.2, 0) is 0 Å². The van der Waals surface area contributed by atoms with E-state index >= 15 is 0 Å². The van der Waals surface area contributed by atoms with Crippen molar-refractivity contribution in [2.75, 3.05) is 12.3 Å². The number of hydrogen-bond acceptors (Lipinski definition) is 3. The van der Waals surface area contributed by atoms with E-state index in [0.29, 0.717) is 6.04 Å². The highest BCUT2D eigenvalue weighted by molar-refractivity contribution is 7.99. The molecule has 1 nitrogen and oxygen atoms in total. The first-order chi connectivity index (χ1) is 9.29. The van der Waals surface area contributed by atoms with Crippen molar-refractivity contribution in [1.82, 2.24) is 5.32 Å². The lowest BCUT2D eigenvalue weighted by Gasteiger charge is -2.17. The Hall–Kier alpha value is -0.770. The molecule has 1 atom stereocenters. The van der Waals surface area contributed by atoms with Crippen molar-refractivity contribution >= 4 is 23.1 Å². The summed E-state index contributed by atoms with van der Waals surface area (Å²) in [5.74, 6) is 1.08. The summed E-state index contributed by atoms with van der Waals surface area (Å²) < 4.78 is 0.